The number of amides is 4. The van der Waals surface area contributed by atoms with Crippen LogP contribution >= 0.6 is 0 Å². The minimum atomic E-state index is -0.698. The molecule has 3 N–H and O–H groups in total. The van der Waals surface area contributed by atoms with Crippen molar-refractivity contribution in [3.63, 3.8) is 0 Å². The lowest BCUT2D eigenvalue weighted by Crippen LogP contribution is -2.50. The number of carbonyl (C=O) groups is 4. The summed E-state index contributed by atoms with van der Waals surface area (Å²) in [6, 6.07) is 6.28. The maximum absolute atomic E-state index is 12.4. The lowest BCUT2D eigenvalue weighted by atomic mass is 10.0. The molecule has 9 nitrogen and oxygen atoms in total. The number of hydrogen-bond acceptors (Lipinski definition) is 5. The number of hydrogen-bond donors (Lipinski definition) is 3. The molecule has 9 heteroatoms. The van der Waals surface area contributed by atoms with Crippen LogP contribution in [0.5, 0.6) is 0 Å². The van der Waals surface area contributed by atoms with E-state index in [0.717, 1.165) is 5.56 Å². The molecule has 1 rings (SSSR count). The molecule has 190 valence electrons. The Hall–Kier alpha value is -3.10. The van der Waals surface area contributed by atoms with Gasteiger partial charge in [0.15, 0.2) is 0 Å². The Labute approximate surface area is 203 Å². The van der Waals surface area contributed by atoms with Crippen LogP contribution in [-0.2, 0) is 25.7 Å². The lowest BCUT2D eigenvalue weighted by Gasteiger charge is -2.27. The third-order valence-electron chi connectivity index (χ3n) is 5.63. The second-order valence-corrected chi connectivity index (χ2v) is 9.15. The molecule has 2 unspecified atom stereocenters. The van der Waals surface area contributed by atoms with Crippen LogP contribution in [0.15, 0.2) is 24.3 Å². The summed E-state index contributed by atoms with van der Waals surface area (Å²) >= 11 is 0. The second kappa shape index (κ2) is 14.2. The highest BCUT2D eigenvalue weighted by Crippen LogP contribution is 2.13. The fourth-order valence-corrected chi connectivity index (χ4v) is 3.03. The average molecular weight is 477 g/mol. The molecule has 0 aliphatic rings. The Morgan fingerprint density at radius 3 is 2.09 bits per heavy atom. The lowest BCUT2D eigenvalue weighted by molar-refractivity contribution is -0.130. The molecule has 2 atom stereocenters. The van der Waals surface area contributed by atoms with E-state index in [1.54, 1.807) is 36.2 Å². The van der Waals surface area contributed by atoms with Gasteiger partial charge in [-0.05, 0) is 42.9 Å². The smallest absolute Gasteiger partial charge is 0.410 e. The van der Waals surface area contributed by atoms with Gasteiger partial charge in [-0.1, -0.05) is 46.8 Å². The van der Waals surface area contributed by atoms with Gasteiger partial charge in [0.1, 0.15) is 12.6 Å². The average Bonchev–Trinajstić information content (AvgIpc) is 2.79. The van der Waals surface area contributed by atoms with Crippen molar-refractivity contribution in [3.05, 3.63) is 29.8 Å². The third kappa shape index (κ3) is 9.80. The number of anilines is 1. The summed E-state index contributed by atoms with van der Waals surface area (Å²) in [5, 5.41) is 8.00. The summed E-state index contributed by atoms with van der Waals surface area (Å²) in [6.45, 7) is 11.5. The van der Waals surface area contributed by atoms with Crippen LogP contribution in [0.3, 0.4) is 0 Å². The second-order valence-electron chi connectivity index (χ2n) is 9.15. The van der Waals surface area contributed by atoms with E-state index in [-0.39, 0.29) is 43.0 Å². The summed E-state index contributed by atoms with van der Waals surface area (Å²) in [5.41, 5.74) is 1.34. The quantitative estimate of drug-likeness (QED) is 0.428. The predicted molar refractivity (Wildman–Crippen MR) is 132 cm³/mol. The predicted octanol–water partition coefficient (Wildman–Crippen LogP) is 3.30. The number of carbonyl (C=O) groups excluding carboxylic acids is 4. The van der Waals surface area contributed by atoms with Crippen molar-refractivity contribution in [2.24, 2.45) is 11.8 Å². The molecule has 4 amide bonds. The molecule has 0 spiro atoms. The first-order chi connectivity index (χ1) is 16.0. The molecule has 0 saturated carbocycles. The SMILES string of the molecule is CCCC(=O)NC(C(=O)NCC(=O)Nc1ccc(COC(=O)N(C)C(C)C(C)C)cc1)C(C)C. The van der Waals surface area contributed by atoms with E-state index in [0.29, 0.717) is 24.4 Å². The van der Waals surface area contributed by atoms with E-state index in [4.69, 9.17) is 4.74 Å². The molecule has 0 heterocycles. The molecule has 0 aliphatic carbocycles. The van der Waals surface area contributed by atoms with Gasteiger partial charge in [-0.25, -0.2) is 4.79 Å². The standard InChI is InChI=1S/C25H40N4O5/c1-8-9-21(30)28-23(17(4)5)24(32)26-14-22(31)27-20-12-10-19(11-13-20)15-34-25(33)29(7)18(6)16(2)3/h10-13,16-18,23H,8-9,14-15H2,1-7H3,(H,26,32)(H,27,31)(H,28,30). The van der Waals surface area contributed by atoms with Crippen LogP contribution in [0.2, 0.25) is 0 Å². The minimum absolute atomic E-state index is 0.0639. The highest BCUT2D eigenvalue weighted by Gasteiger charge is 2.24. The van der Waals surface area contributed by atoms with Crippen molar-refractivity contribution < 1.29 is 23.9 Å². The Kier molecular flexibility index (Phi) is 12.1. The van der Waals surface area contributed by atoms with E-state index in [1.807, 2.05) is 41.5 Å². The Morgan fingerprint density at radius 1 is 0.941 bits per heavy atom. The van der Waals surface area contributed by atoms with Gasteiger partial charge < -0.3 is 25.6 Å². The zero-order valence-electron chi connectivity index (χ0n) is 21.4. The number of rotatable bonds is 12. The minimum Gasteiger partial charge on any atom is -0.445 e. The third-order valence-corrected chi connectivity index (χ3v) is 5.63. The van der Waals surface area contributed by atoms with Gasteiger partial charge in [0, 0.05) is 25.2 Å². The van der Waals surface area contributed by atoms with E-state index < -0.39 is 11.9 Å². The molecule has 1 aromatic rings. The number of benzene rings is 1. The Balaban J connectivity index is 2.52. The fraction of sp³-hybridized carbons (Fsp3) is 0.600. The van der Waals surface area contributed by atoms with E-state index in [2.05, 4.69) is 16.0 Å². The van der Waals surface area contributed by atoms with Gasteiger partial charge in [-0.2, -0.15) is 0 Å². The normalized spacial score (nSPS) is 12.6. The highest BCUT2D eigenvalue weighted by atomic mass is 16.6. The number of ether oxygens (including phenoxy) is 1. The van der Waals surface area contributed by atoms with Gasteiger partial charge >= 0.3 is 6.09 Å². The van der Waals surface area contributed by atoms with E-state index >= 15 is 0 Å². The number of nitrogens with zero attached hydrogens (tertiary/aromatic N) is 1. The molecule has 34 heavy (non-hydrogen) atoms. The van der Waals surface area contributed by atoms with E-state index in [1.165, 1.54) is 0 Å². The van der Waals surface area contributed by atoms with Crippen molar-refractivity contribution >= 4 is 29.5 Å². The van der Waals surface area contributed by atoms with Gasteiger partial charge in [0.2, 0.25) is 17.7 Å². The van der Waals surface area contributed by atoms with E-state index in [9.17, 15) is 19.2 Å². The first-order valence-electron chi connectivity index (χ1n) is 11.8. The van der Waals surface area contributed by atoms with Crippen LogP contribution in [0.1, 0.15) is 59.9 Å². The maximum atomic E-state index is 12.4. The topological polar surface area (TPSA) is 117 Å². The molecule has 0 aliphatic heterocycles. The van der Waals surface area contributed by atoms with Crippen molar-refractivity contribution in [2.75, 3.05) is 18.9 Å². The summed E-state index contributed by atoms with van der Waals surface area (Å²) in [6.07, 6.45) is 0.649. The van der Waals surface area contributed by atoms with Crippen LogP contribution in [0, 0.1) is 11.8 Å². The van der Waals surface area contributed by atoms with Gasteiger partial charge in [0.25, 0.3) is 0 Å². The Bertz CT molecular complexity index is 823. The van der Waals surface area contributed by atoms with Crippen LogP contribution in [-0.4, -0.2) is 54.4 Å². The Morgan fingerprint density at radius 2 is 1.56 bits per heavy atom. The van der Waals surface area contributed by atoms with Crippen molar-refractivity contribution in [1.82, 2.24) is 15.5 Å². The summed E-state index contributed by atoms with van der Waals surface area (Å²) in [7, 11) is 1.72. The molecular weight excluding hydrogens is 436 g/mol. The molecule has 0 saturated heterocycles. The fourth-order valence-electron chi connectivity index (χ4n) is 3.03. The van der Waals surface area contributed by atoms with Crippen LogP contribution in [0.25, 0.3) is 0 Å². The van der Waals surface area contributed by atoms with Crippen molar-refractivity contribution in [2.45, 2.75) is 73.1 Å². The van der Waals surface area contributed by atoms with Crippen molar-refractivity contribution in [3.8, 4) is 0 Å². The zero-order chi connectivity index (χ0) is 25.8. The summed E-state index contributed by atoms with van der Waals surface area (Å²) in [4.78, 5) is 50.3. The molecule has 0 radical (unpaired) electrons. The largest absolute Gasteiger partial charge is 0.445 e. The summed E-state index contributed by atoms with van der Waals surface area (Å²) in [5.74, 6) is -0.768. The highest BCUT2D eigenvalue weighted by molar-refractivity contribution is 5.96. The van der Waals surface area contributed by atoms with Crippen molar-refractivity contribution in [1.29, 1.82) is 0 Å². The molecule has 0 fully saturated rings. The van der Waals surface area contributed by atoms with Gasteiger partial charge in [-0.3, -0.25) is 14.4 Å². The van der Waals surface area contributed by atoms with Gasteiger partial charge in [0.05, 0.1) is 6.54 Å². The molecule has 0 bridgehead atoms. The molecule has 1 aromatic carbocycles. The van der Waals surface area contributed by atoms with Gasteiger partial charge in [-0.15, -0.1) is 0 Å². The number of nitrogens with one attached hydrogen (secondary N) is 3. The monoisotopic (exact) mass is 476 g/mol. The maximum Gasteiger partial charge on any atom is 0.410 e. The van der Waals surface area contributed by atoms with Crippen LogP contribution in [0.4, 0.5) is 10.5 Å². The van der Waals surface area contributed by atoms with Crippen LogP contribution < -0.4 is 16.0 Å². The summed E-state index contributed by atoms with van der Waals surface area (Å²) < 4.78 is 5.35. The molecular formula is C25H40N4O5. The molecule has 0 aromatic heterocycles. The first-order valence-corrected chi connectivity index (χ1v) is 11.8. The first kappa shape index (κ1) is 28.9. The zero-order valence-corrected chi connectivity index (χ0v) is 21.4.